The van der Waals surface area contributed by atoms with Crippen LogP contribution in [-0.2, 0) is 28.7 Å². The third-order valence-electron chi connectivity index (χ3n) is 19.2. The molecule has 0 rings (SSSR count). The molecule has 0 spiro atoms. The molecule has 0 saturated carbocycles. The van der Waals surface area contributed by atoms with Crippen LogP contribution in [0.15, 0.2) is 0 Å². The van der Waals surface area contributed by atoms with Crippen LogP contribution in [0.5, 0.6) is 0 Å². The largest absolute Gasteiger partial charge is 0.469 e. The Hall–Kier alpha value is -2.12. The number of nitrogens with one attached hydrogen (secondary N) is 2. The number of hydrogen-bond donors (Lipinski definition) is 2. The van der Waals surface area contributed by atoms with E-state index in [-0.39, 0.29) is 38.6 Å². The van der Waals surface area contributed by atoms with Gasteiger partial charge >= 0.3 is 11.9 Å². The molecule has 0 aliphatic heterocycles. The van der Waals surface area contributed by atoms with Gasteiger partial charge in [0.25, 0.3) is 0 Å². The number of ether oxygens (including phenoxy) is 2. The number of methoxy groups -OCH3 is 2. The van der Waals surface area contributed by atoms with Gasteiger partial charge in [0.05, 0.1) is 14.2 Å². The number of carbonyl (C=O) groups is 4. The average molecular weight is 1250 g/mol. The summed E-state index contributed by atoms with van der Waals surface area (Å²) in [6.07, 6.45) is 79.8. The summed E-state index contributed by atoms with van der Waals surface area (Å²) < 4.78 is 9.56. The van der Waals surface area contributed by atoms with E-state index in [9.17, 15) is 19.2 Å². The van der Waals surface area contributed by atoms with Crippen LogP contribution in [0.3, 0.4) is 0 Å². The van der Waals surface area contributed by atoms with Crippen LogP contribution in [0.25, 0.3) is 0 Å². The molecule has 0 aliphatic rings. The summed E-state index contributed by atoms with van der Waals surface area (Å²) in [5.74, 6) is 3.71. The van der Waals surface area contributed by atoms with E-state index in [1.807, 2.05) is 0 Å². The predicted octanol–water partition coefficient (Wildman–Crippen LogP) is 25.8. The van der Waals surface area contributed by atoms with Gasteiger partial charge in [0, 0.05) is 39.8 Å². The minimum atomic E-state index is -0.0660. The molecule has 4 atom stereocenters. The van der Waals surface area contributed by atoms with Gasteiger partial charge in [0.1, 0.15) is 0 Å². The number of esters is 2. The lowest BCUT2D eigenvalue weighted by molar-refractivity contribution is -0.141. The van der Waals surface area contributed by atoms with Gasteiger partial charge in [-0.15, -0.1) is 0 Å². The normalized spacial score (nSPS) is 12.5. The number of hydrogen-bond acceptors (Lipinski definition) is 6. The Bertz CT molecular complexity index is 1290. The van der Waals surface area contributed by atoms with E-state index in [0.29, 0.717) is 12.8 Å². The van der Waals surface area contributed by atoms with Crippen molar-refractivity contribution in [1.82, 2.24) is 10.6 Å². The zero-order chi connectivity index (χ0) is 63.3. The zero-order valence-electron chi connectivity index (χ0n) is 59.6. The van der Waals surface area contributed by atoms with Gasteiger partial charge < -0.3 is 20.1 Å². The molecule has 8 nitrogen and oxygen atoms in total. The average Bonchev–Trinajstić information content (AvgIpc) is 3.63. The number of amides is 2. The van der Waals surface area contributed by atoms with Gasteiger partial charge in [-0.3, -0.25) is 19.2 Å². The van der Waals surface area contributed by atoms with Crippen LogP contribution in [0.4, 0.5) is 0 Å². The Labute approximate surface area is 553 Å². The van der Waals surface area contributed by atoms with Crippen LogP contribution in [0.2, 0.25) is 0 Å². The van der Waals surface area contributed by atoms with Crippen LogP contribution in [0.1, 0.15) is 442 Å². The molecular weight excluding hydrogens is 1080 g/mol. The van der Waals surface area contributed by atoms with Gasteiger partial charge in [0.15, 0.2) is 0 Å². The van der Waals surface area contributed by atoms with E-state index in [2.05, 4.69) is 38.3 Å². The minimum Gasteiger partial charge on any atom is -0.469 e. The minimum absolute atomic E-state index is 0. The van der Waals surface area contributed by atoms with E-state index >= 15 is 0 Å². The molecule has 0 aromatic heterocycles. The van der Waals surface area contributed by atoms with E-state index < -0.39 is 0 Å². The molecule has 0 aliphatic carbocycles. The van der Waals surface area contributed by atoms with Crippen molar-refractivity contribution in [3.63, 3.8) is 0 Å². The Morgan fingerprint density at radius 1 is 0.250 bits per heavy atom. The number of carbonyl (C=O) groups excluding carboxylic acids is 4. The first-order valence-electron chi connectivity index (χ1n) is 38.7. The summed E-state index contributed by atoms with van der Waals surface area (Å²) in [6.45, 7) is 14.1. The molecule has 0 aromatic rings. The zero-order valence-corrected chi connectivity index (χ0v) is 59.6. The molecule has 0 bridgehead atoms. The second-order valence-electron chi connectivity index (χ2n) is 27.2. The highest BCUT2D eigenvalue weighted by Crippen LogP contribution is 2.36. The maximum Gasteiger partial charge on any atom is 0.305 e. The number of rotatable bonds is 68. The molecule has 2 N–H and O–H groups in total. The topological polar surface area (TPSA) is 111 Å². The molecule has 0 aromatic carbocycles. The first-order chi connectivity index (χ1) is 42.1. The number of unbranched alkanes of at least 4 members (excludes halogenated alkanes) is 42. The second-order valence-corrected chi connectivity index (χ2v) is 27.2. The molecule has 0 radical (unpaired) electrons. The van der Waals surface area contributed by atoms with Crippen LogP contribution < -0.4 is 10.6 Å². The Balaban J connectivity index is -0.000000785. The summed E-state index contributed by atoms with van der Waals surface area (Å²) in [6, 6.07) is 0. The Kier molecular flexibility index (Phi) is 81.1. The summed E-state index contributed by atoms with van der Waals surface area (Å²) >= 11 is 0. The lowest BCUT2D eigenvalue weighted by Crippen LogP contribution is -2.20. The first-order valence-corrected chi connectivity index (χ1v) is 38.7. The van der Waals surface area contributed by atoms with E-state index in [4.69, 9.17) is 9.47 Å². The van der Waals surface area contributed by atoms with Crippen molar-refractivity contribution in [2.75, 3.05) is 27.3 Å². The third-order valence-corrected chi connectivity index (χ3v) is 19.2. The lowest BCUT2D eigenvalue weighted by Gasteiger charge is -2.28. The monoisotopic (exact) mass is 1250 g/mol. The van der Waals surface area contributed by atoms with Crippen molar-refractivity contribution < 1.29 is 28.7 Å². The van der Waals surface area contributed by atoms with Crippen molar-refractivity contribution in [2.45, 2.75) is 442 Å². The molecule has 0 heterocycles. The van der Waals surface area contributed by atoms with E-state index in [1.165, 1.54) is 348 Å². The van der Waals surface area contributed by atoms with Gasteiger partial charge in [-0.1, -0.05) is 389 Å². The summed E-state index contributed by atoms with van der Waals surface area (Å²) in [5, 5.41) is 5.88. The van der Waals surface area contributed by atoms with Gasteiger partial charge in [-0.2, -0.15) is 0 Å². The van der Waals surface area contributed by atoms with Crippen LogP contribution in [0, 0.1) is 23.7 Å². The van der Waals surface area contributed by atoms with Gasteiger partial charge in [0.2, 0.25) is 11.8 Å². The van der Waals surface area contributed by atoms with Gasteiger partial charge in [-0.25, -0.2) is 0 Å². The molecule has 4 unspecified atom stereocenters. The van der Waals surface area contributed by atoms with Crippen LogP contribution >= 0.6 is 0 Å². The van der Waals surface area contributed by atoms with Crippen molar-refractivity contribution in [3.05, 3.63) is 0 Å². The van der Waals surface area contributed by atoms with E-state index in [0.717, 1.165) is 75.3 Å². The molecule has 0 saturated heterocycles. The first kappa shape index (κ1) is 92.3. The van der Waals surface area contributed by atoms with E-state index in [1.54, 1.807) is 13.8 Å². The maximum absolute atomic E-state index is 11.4. The van der Waals surface area contributed by atoms with Crippen molar-refractivity contribution in [2.24, 2.45) is 23.7 Å². The highest BCUT2D eigenvalue weighted by atomic mass is 16.5. The van der Waals surface area contributed by atoms with Crippen molar-refractivity contribution in [1.29, 1.82) is 0 Å². The predicted molar refractivity (Wildman–Crippen MR) is 389 cm³/mol. The summed E-state index contributed by atoms with van der Waals surface area (Å²) in [7, 11) is 2.98. The highest BCUT2D eigenvalue weighted by Gasteiger charge is 2.22. The van der Waals surface area contributed by atoms with Gasteiger partial charge in [-0.05, 0) is 49.4 Å². The molecule has 8 heteroatoms. The van der Waals surface area contributed by atoms with Crippen molar-refractivity contribution >= 4 is 23.8 Å². The Morgan fingerprint density at radius 3 is 0.580 bits per heavy atom. The third kappa shape index (κ3) is 71.3. The van der Waals surface area contributed by atoms with Crippen molar-refractivity contribution in [3.8, 4) is 0 Å². The maximum atomic E-state index is 11.4. The highest BCUT2D eigenvalue weighted by molar-refractivity contribution is 5.73. The quantitative estimate of drug-likeness (QED) is 0.0464. The SMILES string of the molecule is C.C.CCCCCCCCCC(CCCCCCCCC(=O)OC)C(CCCCCCCCC)CCCCCCCCC(=O)OC.CCCCCCCCCC(CCCCCCCNC(C)=O)C(CCCCCCCCC)CCCCCCCNC(C)=O. The molecule has 528 valence electrons. The summed E-state index contributed by atoms with van der Waals surface area (Å²) in [4.78, 5) is 44.9. The second kappa shape index (κ2) is 77.3. The smallest absolute Gasteiger partial charge is 0.305 e. The standard InChI is InChI=1S/C40H78O4.C38H76N2O2.2CH4/c1-5-7-9-11-13-19-25-31-37(33-27-21-15-17-23-29-35-39(41)43-3)38(32-26-20-14-12-10-8-6-2)34-28-22-16-18-24-30-36-40(42)44-4;1-5-7-9-11-13-17-23-29-37(31-25-19-15-21-27-33-39-35(3)41)38(30-24-18-14-12-10-8-6-2)32-26-20-16-22-28-34-40-36(4)42;;/h37-38H,5-36H2,1-4H3;37-38H,5-34H2,1-4H3,(H,39,41)(H,40,42);2*1H4. The lowest BCUT2D eigenvalue weighted by atomic mass is 9.78. The Morgan fingerprint density at radius 2 is 0.409 bits per heavy atom. The molecule has 0 fully saturated rings. The fourth-order valence-corrected chi connectivity index (χ4v) is 13.5. The molecule has 88 heavy (non-hydrogen) atoms. The molecular formula is C80H162N2O6. The van der Waals surface area contributed by atoms with Crippen LogP contribution in [-0.4, -0.2) is 51.1 Å². The fourth-order valence-electron chi connectivity index (χ4n) is 13.5. The molecule has 2 amide bonds. The summed E-state index contributed by atoms with van der Waals surface area (Å²) in [5.41, 5.74) is 0. The fraction of sp³-hybridized carbons (Fsp3) is 0.950.